The van der Waals surface area contributed by atoms with Crippen LogP contribution < -0.4 is 0 Å². The summed E-state index contributed by atoms with van der Waals surface area (Å²) >= 11 is 0. The largest absolute Gasteiger partial charge is 0.0664 e. The molecule has 1 aromatic heterocycles. The molecule has 0 aromatic carbocycles. The Kier molecular flexibility index (Phi) is 2.06. The van der Waals surface area contributed by atoms with E-state index in [2.05, 4.69) is 16.6 Å². The van der Waals surface area contributed by atoms with Gasteiger partial charge in [-0.1, -0.05) is 24.6 Å². The van der Waals surface area contributed by atoms with Crippen LogP contribution in [-0.4, -0.2) is 0 Å². The molecule has 0 bridgehead atoms. The van der Waals surface area contributed by atoms with Gasteiger partial charge in [0.25, 0.3) is 0 Å². The van der Waals surface area contributed by atoms with E-state index in [-0.39, 0.29) is 0 Å². The van der Waals surface area contributed by atoms with Crippen LogP contribution >= 0.6 is 24.6 Å². The maximum absolute atomic E-state index is 2.22. The molecule has 1 heterocycles. The molecule has 6 heavy (non-hydrogen) atoms. The van der Waals surface area contributed by atoms with Crippen LogP contribution in [0.4, 0.5) is 0 Å². The van der Waals surface area contributed by atoms with E-state index in [1.807, 2.05) is 0 Å². The minimum atomic E-state index is 1.39. The van der Waals surface area contributed by atoms with Gasteiger partial charge in [-0.3, -0.25) is 0 Å². The van der Waals surface area contributed by atoms with Crippen LogP contribution in [0, 0.1) is 0 Å². The van der Waals surface area contributed by atoms with Crippen molar-refractivity contribution in [2.45, 2.75) is 0 Å². The van der Waals surface area contributed by atoms with E-state index in [9.17, 15) is 0 Å². The normalized spacial score (nSPS) is 12.0. The van der Waals surface area contributed by atoms with Crippen molar-refractivity contribution in [1.82, 2.24) is 0 Å². The van der Waals surface area contributed by atoms with Crippen LogP contribution in [0.15, 0.2) is 16.6 Å². The Bertz CT molecular complexity index is 78.0. The van der Waals surface area contributed by atoms with Gasteiger partial charge in [0.1, 0.15) is 0 Å². The molecule has 30 valence electrons. The Hall–Kier alpha value is 0.510. The van der Waals surface area contributed by atoms with Crippen molar-refractivity contribution in [3.8, 4) is 0 Å². The number of rotatable bonds is 0. The van der Waals surface area contributed by atoms with Gasteiger partial charge in [0, 0.05) is 0 Å². The molecule has 3 heteroatoms. The Balaban J connectivity index is 3.00. The second kappa shape index (κ2) is 2.64. The van der Waals surface area contributed by atoms with Crippen LogP contribution in [0.25, 0.3) is 0 Å². The third kappa shape index (κ3) is 1.31. The van der Waals surface area contributed by atoms with Crippen molar-refractivity contribution in [3.05, 3.63) is 16.6 Å². The van der Waals surface area contributed by atoms with Crippen molar-refractivity contribution >= 4 is 24.6 Å². The number of hydrogen-bond acceptors (Lipinski definition) is 0. The first-order valence-electron chi connectivity index (χ1n) is 1.55. The summed E-state index contributed by atoms with van der Waals surface area (Å²) in [6.45, 7) is 0. The topological polar surface area (TPSA) is 0 Å². The highest BCUT2D eigenvalue weighted by Gasteiger charge is 1.60. The van der Waals surface area contributed by atoms with E-state index in [0.29, 0.717) is 0 Å². The van der Waals surface area contributed by atoms with E-state index in [4.69, 9.17) is 0 Å². The Morgan fingerprint density at radius 1 is 0.667 bits per heavy atom. The molecule has 0 amide bonds. The van der Waals surface area contributed by atoms with Crippen LogP contribution in [0.1, 0.15) is 0 Å². The summed E-state index contributed by atoms with van der Waals surface area (Å²) in [5, 5.41) is 0. The minimum absolute atomic E-state index is 1.39. The van der Waals surface area contributed by atoms with E-state index in [1.54, 1.807) is 0 Å². The predicted molar refractivity (Wildman–Crippen MR) is 34.0 cm³/mol. The highest BCUT2D eigenvalue weighted by Crippen LogP contribution is 2.18. The zero-order valence-electron chi connectivity index (χ0n) is 3.07. The van der Waals surface area contributed by atoms with Gasteiger partial charge in [-0.2, -0.15) is 0 Å². The lowest BCUT2D eigenvalue weighted by molar-refractivity contribution is 2.72. The van der Waals surface area contributed by atoms with Crippen LogP contribution in [0.2, 0.25) is 0 Å². The summed E-state index contributed by atoms with van der Waals surface area (Å²) < 4.78 is 0. The van der Waals surface area contributed by atoms with Gasteiger partial charge >= 0.3 is 0 Å². The molecule has 0 unspecified atom stereocenters. The zero-order chi connectivity index (χ0) is 4.24. The van der Waals surface area contributed by atoms with Crippen molar-refractivity contribution in [2.24, 2.45) is 0 Å². The summed E-state index contributed by atoms with van der Waals surface area (Å²) in [6, 6.07) is 0. The fourth-order valence-corrected chi connectivity index (χ4v) is 3.45. The maximum Gasteiger partial charge on any atom is -0.00652 e. The van der Waals surface area contributed by atoms with Crippen molar-refractivity contribution in [3.63, 3.8) is 0 Å². The molecule has 0 aliphatic carbocycles. The third-order valence-electron chi connectivity index (χ3n) is 0.400. The molecular weight excluding hydrogens is 129 g/mol. The molecule has 0 fully saturated rings. The summed E-state index contributed by atoms with van der Waals surface area (Å²) in [5.41, 5.74) is 6.66. The molecule has 0 nitrogen and oxygen atoms in total. The predicted octanol–water partition coefficient (Wildman–Crippen LogP) is 3.43. The smallest absolute Gasteiger partial charge is 0.00652 e. The first-order valence-corrected chi connectivity index (χ1v) is 4.65. The molecule has 0 spiro atoms. The van der Waals surface area contributed by atoms with Gasteiger partial charge in [-0.05, 0) is 16.6 Å². The van der Waals surface area contributed by atoms with E-state index >= 15 is 0 Å². The van der Waals surface area contributed by atoms with Gasteiger partial charge in [0.15, 0.2) is 0 Å². The van der Waals surface area contributed by atoms with E-state index < -0.39 is 0 Å². The van der Waals surface area contributed by atoms with Crippen molar-refractivity contribution in [2.75, 3.05) is 0 Å². The first kappa shape index (κ1) is 4.66. The lowest BCUT2D eigenvalue weighted by Gasteiger charge is -1.67. The van der Waals surface area contributed by atoms with Gasteiger partial charge in [0.2, 0.25) is 0 Å². The molecule has 1 rings (SSSR count). The molecule has 0 saturated carbocycles. The summed E-state index contributed by atoms with van der Waals surface area (Å²) in [7, 11) is 4.18. The second-order valence-electron chi connectivity index (χ2n) is 0.794. The van der Waals surface area contributed by atoms with Gasteiger partial charge in [-0.15, -0.1) is 0 Å². The molecule has 1 aromatic rings. The van der Waals surface area contributed by atoms with E-state index in [1.165, 1.54) is 24.6 Å². The quantitative estimate of drug-likeness (QED) is 0.507. The lowest BCUT2D eigenvalue weighted by atomic mass is 11.9. The molecule has 0 radical (unpaired) electrons. The monoisotopic (exact) mass is 132 g/mol. The van der Waals surface area contributed by atoms with Crippen molar-refractivity contribution < 1.29 is 0 Å². The van der Waals surface area contributed by atoms with Gasteiger partial charge < -0.3 is 0 Å². The minimum Gasteiger partial charge on any atom is -0.0664 e. The standard InChI is InChI=1S/C3H3P3/c1-4-2-6-3-5-1/h1-3H. The summed E-state index contributed by atoms with van der Waals surface area (Å²) in [4.78, 5) is 0. The first-order chi connectivity index (χ1) is 3.00. The lowest BCUT2D eigenvalue weighted by Crippen LogP contribution is -1.16. The van der Waals surface area contributed by atoms with Gasteiger partial charge in [0.05, 0.1) is 0 Å². The van der Waals surface area contributed by atoms with Crippen molar-refractivity contribution in [1.29, 1.82) is 0 Å². The zero-order valence-corrected chi connectivity index (χ0v) is 5.76. The fraction of sp³-hybridized carbons (Fsp3) is 0. The molecule has 0 aliphatic rings. The highest BCUT2D eigenvalue weighted by molar-refractivity contribution is 7.56. The average Bonchev–Trinajstić information content (AvgIpc) is 1.72. The summed E-state index contributed by atoms with van der Waals surface area (Å²) in [6.07, 6.45) is 0. The van der Waals surface area contributed by atoms with Crippen LogP contribution in [0.3, 0.4) is 0 Å². The molecule has 0 aliphatic heterocycles. The SMILES string of the molecule is c1pcpcp1. The molecule has 0 saturated heterocycles. The third-order valence-corrected chi connectivity index (χ3v) is 3.60. The van der Waals surface area contributed by atoms with E-state index in [0.717, 1.165) is 0 Å². The van der Waals surface area contributed by atoms with Crippen LogP contribution in [-0.2, 0) is 0 Å². The van der Waals surface area contributed by atoms with Gasteiger partial charge in [-0.25, -0.2) is 0 Å². The Labute approximate surface area is 41.9 Å². The summed E-state index contributed by atoms with van der Waals surface area (Å²) in [5.74, 6) is 0. The average molecular weight is 132 g/mol. The second-order valence-corrected chi connectivity index (χ2v) is 4.46. The molecule has 0 atom stereocenters. The Morgan fingerprint density at radius 2 is 1.00 bits per heavy atom. The highest BCUT2D eigenvalue weighted by atomic mass is 31.1. The maximum atomic E-state index is 2.22. The number of hydrogen-bond donors (Lipinski definition) is 0. The molecule has 0 N–H and O–H groups in total. The fourth-order valence-electron chi connectivity index (χ4n) is 0.205. The van der Waals surface area contributed by atoms with Crippen LogP contribution in [0.5, 0.6) is 0 Å². The molecular formula is C3H3P3. The Morgan fingerprint density at radius 3 is 1.17 bits per heavy atom.